The Balaban J connectivity index is 1.61. The van der Waals surface area contributed by atoms with Crippen LogP contribution in [0, 0.1) is 28.5 Å². The van der Waals surface area contributed by atoms with E-state index in [1.165, 1.54) is 36.5 Å². The zero-order valence-corrected chi connectivity index (χ0v) is 26.1. The number of nitrogens with zero attached hydrogens (tertiary/aromatic N) is 4. The van der Waals surface area contributed by atoms with Gasteiger partial charge in [0.2, 0.25) is 0 Å². The standard InChI is InChI=1S/C37H19F3N4O5S/c38-25-9-14-31-29(16-25)33(32-23(17-41)5-2-6-24(32)18-42)34(44(31)50(47,48)26-10-7-20(8-11-26)36(39)40)22-4-1-3-21(15-22)27-12-13-28(37(45)46)35-30(27)19-43-49-35/h1-16,19,36H,(H,45,46). The number of aromatic carboxylic acids is 1. The van der Waals surface area contributed by atoms with Gasteiger partial charge in [-0.3, -0.25) is 0 Å². The Morgan fingerprint density at radius 1 is 0.840 bits per heavy atom. The molecular formula is C37H19F3N4O5S. The van der Waals surface area contributed by atoms with Crippen LogP contribution >= 0.6 is 0 Å². The lowest BCUT2D eigenvalue weighted by molar-refractivity contribution is 0.0697. The molecule has 0 spiro atoms. The minimum Gasteiger partial charge on any atom is -0.478 e. The van der Waals surface area contributed by atoms with Gasteiger partial charge in [0, 0.05) is 27.6 Å². The van der Waals surface area contributed by atoms with E-state index in [4.69, 9.17) is 4.52 Å². The molecular weight excluding hydrogens is 669 g/mol. The molecule has 0 radical (unpaired) electrons. The Morgan fingerprint density at radius 2 is 1.52 bits per heavy atom. The summed E-state index contributed by atoms with van der Waals surface area (Å²) in [5.41, 5.74) is 0.799. The summed E-state index contributed by atoms with van der Waals surface area (Å²) in [5.74, 6) is -1.96. The van der Waals surface area contributed by atoms with Crippen molar-refractivity contribution in [2.45, 2.75) is 11.3 Å². The van der Waals surface area contributed by atoms with Crippen molar-refractivity contribution in [1.82, 2.24) is 9.13 Å². The predicted molar refractivity (Wildman–Crippen MR) is 176 cm³/mol. The smallest absolute Gasteiger partial charge is 0.339 e. The van der Waals surface area contributed by atoms with Crippen LogP contribution in [-0.2, 0) is 10.0 Å². The molecule has 5 aromatic carbocycles. The molecule has 9 nitrogen and oxygen atoms in total. The molecule has 0 unspecified atom stereocenters. The highest BCUT2D eigenvalue weighted by Gasteiger charge is 2.31. The van der Waals surface area contributed by atoms with Crippen LogP contribution in [-0.4, -0.2) is 28.6 Å². The molecule has 0 aliphatic rings. The molecule has 7 aromatic rings. The third-order valence-electron chi connectivity index (χ3n) is 8.31. The van der Waals surface area contributed by atoms with E-state index in [-0.39, 0.29) is 60.5 Å². The molecule has 0 aliphatic heterocycles. The summed E-state index contributed by atoms with van der Waals surface area (Å²) in [6.07, 6.45) is -1.49. The Hall–Kier alpha value is -6.70. The van der Waals surface area contributed by atoms with Gasteiger partial charge in [0.15, 0.2) is 5.58 Å². The molecule has 1 N–H and O–H groups in total. The van der Waals surface area contributed by atoms with Crippen LogP contribution in [0.2, 0.25) is 0 Å². The number of carboxylic acid groups (broad SMARTS) is 1. The number of carbonyl (C=O) groups is 1. The van der Waals surface area contributed by atoms with E-state index in [2.05, 4.69) is 17.3 Å². The maximum Gasteiger partial charge on any atom is 0.339 e. The third kappa shape index (κ3) is 5.05. The van der Waals surface area contributed by atoms with E-state index in [9.17, 15) is 37.6 Å². The van der Waals surface area contributed by atoms with E-state index < -0.39 is 33.8 Å². The fraction of sp³-hybridized carbons (Fsp3) is 0.0270. The number of alkyl halides is 2. The van der Waals surface area contributed by atoms with Crippen molar-refractivity contribution >= 4 is 37.9 Å². The van der Waals surface area contributed by atoms with E-state index in [0.717, 1.165) is 40.4 Å². The van der Waals surface area contributed by atoms with Gasteiger partial charge in [-0.15, -0.1) is 0 Å². The maximum atomic E-state index is 15.1. The quantitative estimate of drug-likeness (QED) is 0.175. The summed E-state index contributed by atoms with van der Waals surface area (Å²) in [5, 5.41) is 34.2. The molecule has 50 heavy (non-hydrogen) atoms. The number of halogens is 3. The average molecular weight is 689 g/mol. The van der Waals surface area contributed by atoms with Gasteiger partial charge in [-0.2, -0.15) is 10.5 Å². The monoisotopic (exact) mass is 688 g/mol. The summed E-state index contributed by atoms with van der Waals surface area (Å²) >= 11 is 0. The fourth-order valence-corrected chi connectivity index (χ4v) is 7.66. The molecule has 0 saturated carbocycles. The van der Waals surface area contributed by atoms with E-state index in [1.54, 1.807) is 30.3 Å². The second-order valence-electron chi connectivity index (χ2n) is 11.1. The zero-order valence-electron chi connectivity index (χ0n) is 25.3. The zero-order chi connectivity index (χ0) is 35.3. The van der Waals surface area contributed by atoms with E-state index in [1.807, 2.05) is 0 Å². The van der Waals surface area contributed by atoms with Crippen LogP contribution < -0.4 is 0 Å². The molecule has 0 atom stereocenters. The van der Waals surface area contributed by atoms with Gasteiger partial charge in [0.25, 0.3) is 16.4 Å². The van der Waals surface area contributed by atoms with Gasteiger partial charge in [-0.05, 0) is 65.7 Å². The first-order valence-corrected chi connectivity index (χ1v) is 16.1. The maximum absolute atomic E-state index is 15.1. The predicted octanol–water partition coefficient (Wildman–Crippen LogP) is 8.54. The minimum absolute atomic E-state index is 0.0105. The lowest BCUT2D eigenvalue weighted by Gasteiger charge is -2.16. The Bertz CT molecular complexity index is 2690. The van der Waals surface area contributed by atoms with Gasteiger partial charge in [0.1, 0.15) is 11.4 Å². The van der Waals surface area contributed by atoms with Gasteiger partial charge in [-0.1, -0.05) is 47.6 Å². The average Bonchev–Trinajstić information content (AvgIpc) is 3.74. The molecule has 0 aliphatic carbocycles. The molecule has 2 heterocycles. The number of carboxylic acids is 1. The van der Waals surface area contributed by atoms with Crippen molar-refractivity contribution in [3.63, 3.8) is 0 Å². The number of nitriles is 2. The third-order valence-corrected chi connectivity index (χ3v) is 10.0. The first-order chi connectivity index (χ1) is 24.0. The summed E-state index contributed by atoms with van der Waals surface area (Å²) in [6.45, 7) is 0. The first kappa shape index (κ1) is 31.9. The molecule has 0 fully saturated rings. The van der Waals surface area contributed by atoms with Crippen LogP contribution in [0.4, 0.5) is 13.2 Å². The molecule has 0 bridgehead atoms. The Kier molecular flexibility index (Phi) is 7.70. The van der Waals surface area contributed by atoms with Crippen LogP contribution in [0.25, 0.3) is 55.4 Å². The number of rotatable bonds is 7. The van der Waals surface area contributed by atoms with Crippen LogP contribution in [0.15, 0.2) is 113 Å². The summed E-state index contributed by atoms with van der Waals surface area (Å²) in [7, 11) is -4.65. The Labute approximate surface area is 281 Å². The van der Waals surface area contributed by atoms with E-state index >= 15 is 4.39 Å². The van der Waals surface area contributed by atoms with Crippen molar-refractivity contribution in [3.8, 4) is 45.6 Å². The van der Waals surface area contributed by atoms with Crippen LogP contribution in [0.1, 0.15) is 33.5 Å². The van der Waals surface area contributed by atoms with Crippen molar-refractivity contribution in [2.24, 2.45) is 0 Å². The SMILES string of the molecule is N#Cc1cccc(C#N)c1-c1c(-c2cccc(-c3ccc(C(=O)O)c4oncc34)c2)n(S(=O)(=O)c2ccc(C(F)F)cc2)c2ccc(F)cc12. The van der Waals surface area contributed by atoms with Gasteiger partial charge in [0.05, 0.1) is 51.0 Å². The highest BCUT2D eigenvalue weighted by atomic mass is 32.2. The summed E-state index contributed by atoms with van der Waals surface area (Å²) in [4.78, 5) is 11.5. The molecule has 2 aromatic heterocycles. The number of aromatic nitrogens is 2. The normalized spacial score (nSPS) is 11.6. The molecule has 7 rings (SSSR count). The molecule has 244 valence electrons. The topological polar surface area (TPSA) is 150 Å². The number of benzene rings is 5. The molecule has 0 amide bonds. The van der Waals surface area contributed by atoms with Crippen molar-refractivity contribution in [3.05, 3.63) is 131 Å². The second-order valence-corrected chi connectivity index (χ2v) is 12.9. The van der Waals surface area contributed by atoms with Crippen molar-refractivity contribution < 1.29 is 36.0 Å². The molecule has 0 saturated heterocycles. The number of hydrogen-bond donors (Lipinski definition) is 1. The lowest BCUT2D eigenvalue weighted by Crippen LogP contribution is -2.14. The van der Waals surface area contributed by atoms with Crippen molar-refractivity contribution in [1.29, 1.82) is 10.5 Å². The Morgan fingerprint density at radius 3 is 2.18 bits per heavy atom. The lowest BCUT2D eigenvalue weighted by atomic mass is 9.90. The van der Waals surface area contributed by atoms with Crippen LogP contribution in [0.3, 0.4) is 0 Å². The largest absolute Gasteiger partial charge is 0.478 e. The highest BCUT2D eigenvalue weighted by molar-refractivity contribution is 7.90. The highest BCUT2D eigenvalue weighted by Crippen LogP contribution is 2.46. The summed E-state index contributed by atoms with van der Waals surface area (Å²) < 4.78 is 77.4. The minimum atomic E-state index is -4.65. The van der Waals surface area contributed by atoms with E-state index in [0.29, 0.717) is 16.5 Å². The second kappa shape index (κ2) is 12.1. The summed E-state index contributed by atoms with van der Waals surface area (Å²) in [6, 6.07) is 25.4. The molecule has 13 heteroatoms. The van der Waals surface area contributed by atoms with Crippen LogP contribution in [0.5, 0.6) is 0 Å². The number of fused-ring (bicyclic) bond motifs is 2. The first-order valence-electron chi connectivity index (χ1n) is 14.7. The number of hydrogen-bond acceptors (Lipinski definition) is 7. The van der Waals surface area contributed by atoms with Gasteiger partial charge < -0.3 is 9.63 Å². The van der Waals surface area contributed by atoms with Gasteiger partial charge >= 0.3 is 5.97 Å². The fourth-order valence-electron chi connectivity index (χ4n) is 6.11. The van der Waals surface area contributed by atoms with Crippen molar-refractivity contribution in [2.75, 3.05) is 0 Å². The van der Waals surface area contributed by atoms with Gasteiger partial charge in [-0.25, -0.2) is 30.4 Å².